The van der Waals surface area contributed by atoms with Crippen LogP contribution in [0, 0.1) is 12.0 Å². The number of carbonyl (C=O) groups excluding carboxylic acids is 1. The molecule has 1 aliphatic rings. The predicted molar refractivity (Wildman–Crippen MR) is 82.5 cm³/mol. The van der Waals surface area contributed by atoms with Crippen molar-refractivity contribution in [1.29, 1.82) is 0 Å². The molecule has 0 heterocycles. The van der Waals surface area contributed by atoms with Crippen LogP contribution in [-0.4, -0.2) is 5.97 Å². The molecule has 0 amide bonds. The third-order valence-corrected chi connectivity index (χ3v) is 4.05. The van der Waals surface area contributed by atoms with Crippen LogP contribution in [0.2, 0.25) is 0 Å². The van der Waals surface area contributed by atoms with Gasteiger partial charge in [-0.25, -0.2) is 4.79 Å². The second kappa shape index (κ2) is 6.61. The Balaban J connectivity index is 1.86. The Hall–Kier alpha value is -1.35. The average molecular weight is 289 g/mol. The lowest BCUT2D eigenvalue weighted by Gasteiger charge is -2.23. The molecule has 0 unspecified atom stereocenters. The van der Waals surface area contributed by atoms with Gasteiger partial charge in [0, 0.05) is 0 Å². The first-order valence-corrected chi connectivity index (χ1v) is 7.70. The Kier molecular flexibility index (Phi) is 5.04. The number of benzene rings is 1. The Bertz CT molecular complexity index is 462. The Morgan fingerprint density at radius 2 is 1.67 bits per heavy atom. The molecule has 2 rings (SSSR count). The van der Waals surface area contributed by atoms with E-state index in [0.717, 1.165) is 37.7 Å². The summed E-state index contributed by atoms with van der Waals surface area (Å²) in [5.41, 5.74) is 1.79. The van der Waals surface area contributed by atoms with E-state index in [2.05, 4.69) is 27.7 Å². The van der Waals surface area contributed by atoms with E-state index in [9.17, 15) is 4.79 Å². The summed E-state index contributed by atoms with van der Waals surface area (Å²) in [4.78, 5) is 22.1. The molecule has 115 valence electrons. The van der Waals surface area contributed by atoms with Crippen molar-refractivity contribution in [3.63, 3.8) is 0 Å². The van der Waals surface area contributed by atoms with Crippen LogP contribution in [0.1, 0.15) is 69.3 Å². The van der Waals surface area contributed by atoms with E-state index in [4.69, 9.17) is 9.78 Å². The SMILES string of the molecule is CC1CC[C](OOC(=O)c2ccc(C(C)(C)C)cc2)CC1. The summed E-state index contributed by atoms with van der Waals surface area (Å²) in [6, 6.07) is 7.51. The van der Waals surface area contributed by atoms with Crippen molar-refractivity contribution in [2.75, 3.05) is 0 Å². The van der Waals surface area contributed by atoms with E-state index in [0.29, 0.717) is 5.56 Å². The Labute approximate surface area is 127 Å². The van der Waals surface area contributed by atoms with E-state index in [1.54, 1.807) is 12.1 Å². The van der Waals surface area contributed by atoms with Gasteiger partial charge in [0.2, 0.25) is 0 Å². The minimum Gasteiger partial charge on any atom is -0.292 e. The zero-order valence-corrected chi connectivity index (χ0v) is 13.4. The van der Waals surface area contributed by atoms with Crippen LogP contribution >= 0.6 is 0 Å². The minimum atomic E-state index is -0.429. The molecule has 3 nitrogen and oxygen atoms in total. The van der Waals surface area contributed by atoms with Crippen molar-refractivity contribution in [2.45, 2.75) is 58.8 Å². The fraction of sp³-hybridized carbons (Fsp3) is 0.556. The van der Waals surface area contributed by atoms with Crippen LogP contribution in [0.5, 0.6) is 0 Å². The lowest BCUT2D eigenvalue weighted by molar-refractivity contribution is -0.240. The van der Waals surface area contributed by atoms with E-state index in [1.807, 2.05) is 12.1 Å². The molecule has 0 saturated heterocycles. The molecule has 0 bridgehead atoms. The molecule has 21 heavy (non-hydrogen) atoms. The Morgan fingerprint density at radius 3 is 2.19 bits per heavy atom. The third-order valence-electron chi connectivity index (χ3n) is 4.05. The maximum atomic E-state index is 12.0. The fourth-order valence-electron chi connectivity index (χ4n) is 2.42. The fourth-order valence-corrected chi connectivity index (χ4v) is 2.42. The molecular formula is C18H25O3. The first-order chi connectivity index (χ1) is 9.86. The normalized spacial score (nSPS) is 17.7. The van der Waals surface area contributed by atoms with Gasteiger partial charge in [0.15, 0.2) is 0 Å². The first-order valence-electron chi connectivity index (χ1n) is 7.70. The van der Waals surface area contributed by atoms with Crippen LogP contribution < -0.4 is 0 Å². The van der Waals surface area contributed by atoms with Gasteiger partial charge < -0.3 is 0 Å². The summed E-state index contributed by atoms with van der Waals surface area (Å²) < 4.78 is 0. The quantitative estimate of drug-likeness (QED) is 0.591. The van der Waals surface area contributed by atoms with E-state index >= 15 is 0 Å². The molecule has 1 radical (unpaired) electrons. The van der Waals surface area contributed by atoms with E-state index in [-0.39, 0.29) is 5.41 Å². The predicted octanol–water partition coefficient (Wildman–Crippen LogP) is 4.81. The highest BCUT2D eigenvalue weighted by Gasteiger charge is 2.22. The topological polar surface area (TPSA) is 35.5 Å². The summed E-state index contributed by atoms with van der Waals surface area (Å²) >= 11 is 0. The minimum absolute atomic E-state index is 0.0770. The van der Waals surface area contributed by atoms with Gasteiger partial charge >= 0.3 is 5.97 Å². The van der Waals surface area contributed by atoms with Gasteiger partial charge in [-0.15, -0.1) is 0 Å². The summed E-state index contributed by atoms with van der Waals surface area (Å²) in [5.74, 6) is 0.305. The van der Waals surface area contributed by atoms with Gasteiger partial charge in [-0.1, -0.05) is 39.8 Å². The zero-order chi connectivity index (χ0) is 15.5. The van der Waals surface area contributed by atoms with Crippen LogP contribution in [0.4, 0.5) is 0 Å². The molecule has 1 aromatic carbocycles. The zero-order valence-electron chi connectivity index (χ0n) is 13.4. The van der Waals surface area contributed by atoms with Crippen molar-refractivity contribution in [3.8, 4) is 0 Å². The number of carbonyl (C=O) groups is 1. The molecule has 0 atom stereocenters. The average Bonchev–Trinajstić information content (AvgIpc) is 2.45. The molecule has 1 aliphatic carbocycles. The molecule has 1 aromatic rings. The second-order valence-electron chi connectivity index (χ2n) is 7.00. The third kappa shape index (κ3) is 4.57. The van der Waals surface area contributed by atoms with Crippen LogP contribution in [0.15, 0.2) is 24.3 Å². The highest BCUT2D eigenvalue weighted by atomic mass is 17.2. The first kappa shape index (κ1) is 16.0. The molecule has 1 saturated carbocycles. The van der Waals surface area contributed by atoms with Gasteiger partial charge in [0.1, 0.15) is 6.10 Å². The number of rotatable bonds is 3. The van der Waals surface area contributed by atoms with Crippen LogP contribution in [0.25, 0.3) is 0 Å². The number of hydrogen-bond donors (Lipinski definition) is 0. The summed E-state index contributed by atoms with van der Waals surface area (Å²) in [7, 11) is 0. The highest BCUT2D eigenvalue weighted by Crippen LogP contribution is 2.31. The van der Waals surface area contributed by atoms with Crippen molar-refractivity contribution in [2.24, 2.45) is 5.92 Å². The molecule has 0 spiro atoms. The van der Waals surface area contributed by atoms with Crippen molar-refractivity contribution >= 4 is 5.97 Å². The molecule has 3 heteroatoms. The maximum Gasteiger partial charge on any atom is 0.373 e. The second-order valence-corrected chi connectivity index (χ2v) is 7.00. The van der Waals surface area contributed by atoms with Gasteiger partial charge in [-0.2, -0.15) is 4.89 Å². The van der Waals surface area contributed by atoms with Crippen molar-refractivity contribution in [1.82, 2.24) is 0 Å². The molecule has 0 aromatic heterocycles. The van der Waals surface area contributed by atoms with Crippen LogP contribution in [-0.2, 0) is 15.2 Å². The van der Waals surface area contributed by atoms with Crippen molar-refractivity contribution < 1.29 is 14.6 Å². The number of hydrogen-bond acceptors (Lipinski definition) is 3. The monoisotopic (exact) mass is 289 g/mol. The van der Waals surface area contributed by atoms with Gasteiger partial charge in [0.25, 0.3) is 0 Å². The molecule has 0 aliphatic heterocycles. The largest absolute Gasteiger partial charge is 0.373 e. The maximum absolute atomic E-state index is 12.0. The molecule has 1 fully saturated rings. The summed E-state index contributed by atoms with van der Waals surface area (Å²) in [6.07, 6.45) is 4.86. The van der Waals surface area contributed by atoms with Gasteiger partial charge in [-0.3, -0.25) is 4.89 Å². The lowest BCUT2D eigenvalue weighted by atomic mass is 9.87. The van der Waals surface area contributed by atoms with Crippen LogP contribution in [0.3, 0.4) is 0 Å². The van der Waals surface area contributed by atoms with Gasteiger partial charge in [0.05, 0.1) is 5.56 Å². The summed E-state index contributed by atoms with van der Waals surface area (Å²) in [6.45, 7) is 8.66. The lowest BCUT2D eigenvalue weighted by Crippen LogP contribution is -2.16. The highest BCUT2D eigenvalue weighted by molar-refractivity contribution is 5.89. The van der Waals surface area contributed by atoms with Crippen molar-refractivity contribution in [3.05, 3.63) is 41.5 Å². The summed E-state index contributed by atoms with van der Waals surface area (Å²) in [5, 5.41) is 0. The standard InChI is InChI=1S/C18H25O3/c1-13-5-11-16(12-6-13)20-21-17(19)14-7-9-15(10-8-14)18(2,3)4/h7-10,13H,5-6,11-12H2,1-4H3. The van der Waals surface area contributed by atoms with Gasteiger partial charge in [-0.05, 0) is 54.7 Å². The molecule has 0 N–H and O–H groups in total. The smallest absolute Gasteiger partial charge is 0.292 e. The van der Waals surface area contributed by atoms with E-state index in [1.165, 1.54) is 5.56 Å². The molecular weight excluding hydrogens is 264 g/mol. The Morgan fingerprint density at radius 1 is 1.10 bits per heavy atom. The van der Waals surface area contributed by atoms with E-state index < -0.39 is 5.97 Å².